The molecular weight excluding hydrogens is 222 g/mol. The summed E-state index contributed by atoms with van der Waals surface area (Å²) in [6.07, 6.45) is 1.08. The van der Waals surface area contributed by atoms with Gasteiger partial charge in [0.25, 0.3) is 0 Å². The van der Waals surface area contributed by atoms with E-state index in [9.17, 15) is 4.79 Å². The highest BCUT2D eigenvalue weighted by Crippen LogP contribution is 2.39. The van der Waals surface area contributed by atoms with Crippen LogP contribution in [0.5, 0.6) is 0 Å². The van der Waals surface area contributed by atoms with Crippen LogP contribution in [0.3, 0.4) is 0 Å². The zero-order valence-electron chi connectivity index (χ0n) is 9.69. The first-order valence-corrected chi connectivity index (χ1v) is 6.28. The van der Waals surface area contributed by atoms with E-state index in [1.807, 2.05) is 4.90 Å². The van der Waals surface area contributed by atoms with Crippen molar-refractivity contribution in [2.45, 2.75) is 13.3 Å². The first-order valence-electron chi connectivity index (χ1n) is 5.87. The van der Waals surface area contributed by atoms with Crippen LogP contribution in [0.2, 0.25) is 0 Å². The van der Waals surface area contributed by atoms with Crippen molar-refractivity contribution in [2.75, 3.05) is 32.7 Å². The Morgan fingerprint density at radius 2 is 1.94 bits per heavy atom. The van der Waals surface area contributed by atoms with Crippen LogP contribution in [-0.4, -0.2) is 53.4 Å². The number of hydrogen-bond donors (Lipinski definition) is 1. The second kappa shape index (κ2) is 4.67. The maximum Gasteiger partial charge on any atom is 0.226 e. The molecule has 16 heavy (non-hydrogen) atoms. The Labute approximate surface area is 102 Å². The van der Waals surface area contributed by atoms with E-state index in [2.05, 4.69) is 11.8 Å². The van der Waals surface area contributed by atoms with Crippen molar-refractivity contribution >= 4 is 23.1 Å². The maximum absolute atomic E-state index is 12.0. The Hall–Kier alpha value is -0.680. The molecule has 0 aromatic carbocycles. The molecule has 0 aromatic heterocycles. The number of piperazine rings is 1. The summed E-state index contributed by atoms with van der Waals surface area (Å²) in [4.78, 5) is 16.7. The highest BCUT2D eigenvalue weighted by atomic mass is 32.1. The summed E-state index contributed by atoms with van der Waals surface area (Å²) >= 11 is 4.88. The molecule has 90 valence electrons. The van der Waals surface area contributed by atoms with Gasteiger partial charge in [-0.05, 0) is 12.3 Å². The van der Waals surface area contributed by atoms with Gasteiger partial charge in [-0.15, -0.1) is 0 Å². The van der Waals surface area contributed by atoms with Gasteiger partial charge in [0.1, 0.15) is 0 Å². The summed E-state index contributed by atoms with van der Waals surface area (Å²) in [6, 6.07) is 0. The summed E-state index contributed by atoms with van der Waals surface area (Å²) in [6.45, 7) is 6.26. The van der Waals surface area contributed by atoms with Crippen LogP contribution in [0.1, 0.15) is 13.3 Å². The summed E-state index contributed by atoms with van der Waals surface area (Å²) < 4.78 is 0. The van der Waals surface area contributed by atoms with Gasteiger partial charge in [-0.2, -0.15) is 0 Å². The Morgan fingerprint density at radius 3 is 2.38 bits per heavy atom. The molecule has 2 rings (SSSR count). The van der Waals surface area contributed by atoms with Crippen molar-refractivity contribution in [1.29, 1.82) is 0 Å². The van der Waals surface area contributed by atoms with Crippen molar-refractivity contribution in [1.82, 2.24) is 9.80 Å². The van der Waals surface area contributed by atoms with Gasteiger partial charge in [0, 0.05) is 38.6 Å². The number of nitrogens with two attached hydrogens (primary N) is 1. The second-order valence-corrected chi connectivity index (χ2v) is 5.41. The molecule has 1 amide bonds. The lowest BCUT2D eigenvalue weighted by molar-refractivity contribution is -0.134. The van der Waals surface area contributed by atoms with E-state index in [0.29, 0.717) is 29.3 Å². The molecule has 0 spiro atoms. The third-order valence-electron chi connectivity index (χ3n) is 3.49. The fourth-order valence-electron chi connectivity index (χ4n) is 2.25. The number of amides is 1. The van der Waals surface area contributed by atoms with Gasteiger partial charge in [0.2, 0.25) is 5.91 Å². The van der Waals surface area contributed by atoms with Crippen LogP contribution in [0.4, 0.5) is 0 Å². The molecule has 2 aliphatic rings. The van der Waals surface area contributed by atoms with Crippen molar-refractivity contribution in [3.8, 4) is 0 Å². The first kappa shape index (κ1) is 11.8. The molecule has 0 bridgehead atoms. The molecule has 2 fully saturated rings. The summed E-state index contributed by atoms with van der Waals surface area (Å²) in [7, 11) is 0. The van der Waals surface area contributed by atoms with Gasteiger partial charge in [-0.1, -0.05) is 19.1 Å². The Balaban J connectivity index is 1.76. The predicted molar refractivity (Wildman–Crippen MR) is 67.1 cm³/mol. The average Bonchev–Trinajstić information content (AvgIpc) is 2.95. The van der Waals surface area contributed by atoms with Crippen molar-refractivity contribution in [2.24, 2.45) is 17.6 Å². The minimum absolute atomic E-state index is 0.308. The molecule has 0 aromatic rings. The van der Waals surface area contributed by atoms with E-state index >= 15 is 0 Å². The van der Waals surface area contributed by atoms with Gasteiger partial charge in [-0.25, -0.2) is 0 Å². The molecule has 1 saturated heterocycles. The van der Waals surface area contributed by atoms with Crippen LogP contribution in [-0.2, 0) is 4.79 Å². The lowest BCUT2D eigenvalue weighted by Gasteiger charge is -2.34. The highest BCUT2D eigenvalue weighted by molar-refractivity contribution is 7.80. The molecule has 4 nitrogen and oxygen atoms in total. The monoisotopic (exact) mass is 241 g/mol. The first-order chi connectivity index (χ1) is 7.58. The van der Waals surface area contributed by atoms with Gasteiger partial charge >= 0.3 is 0 Å². The maximum atomic E-state index is 12.0. The van der Waals surface area contributed by atoms with Crippen LogP contribution in [0.25, 0.3) is 0 Å². The van der Waals surface area contributed by atoms with E-state index < -0.39 is 0 Å². The number of hydrogen-bond acceptors (Lipinski definition) is 3. The van der Waals surface area contributed by atoms with Crippen LogP contribution >= 0.6 is 12.2 Å². The number of carbonyl (C=O) groups is 1. The molecular formula is C11H19N3OS. The van der Waals surface area contributed by atoms with Gasteiger partial charge < -0.3 is 10.6 Å². The average molecular weight is 241 g/mol. The number of thiocarbonyl (C=S) groups is 1. The lowest BCUT2D eigenvalue weighted by atomic mass is 10.2. The fraction of sp³-hybridized carbons (Fsp3) is 0.818. The van der Waals surface area contributed by atoms with E-state index in [-0.39, 0.29) is 0 Å². The van der Waals surface area contributed by atoms with Crippen LogP contribution in [0, 0.1) is 11.8 Å². The van der Waals surface area contributed by atoms with E-state index in [1.54, 1.807) is 0 Å². The SMILES string of the molecule is CC1CC1C(=O)N1CCN(CC(N)=S)CC1. The van der Waals surface area contributed by atoms with Gasteiger partial charge in [0.05, 0.1) is 4.99 Å². The standard InChI is InChI=1S/C11H19N3OS/c1-8-6-9(8)11(15)14-4-2-13(3-5-14)7-10(12)16/h8-9H,2-7H2,1H3,(H2,12,16). The van der Waals surface area contributed by atoms with Crippen LogP contribution < -0.4 is 5.73 Å². The normalized spacial score (nSPS) is 30.2. The van der Waals surface area contributed by atoms with E-state index in [4.69, 9.17) is 18.0 Å². The van der Waals surface area contributed by atoms with Crippen molar-refractivity contribution in [3.63, 3.8) is 0 Å². The zero-order valence-corrected chi connectivity index (χ0v) is 10.5. The van der Waals surface area contributed by atoms with E-state index in [1.165, 1.54) is 0 Å². The Morgan fingerprint density at radius 1 is 1.38 bits per heavy atom. The molecule has 2 atom stereocenters. The molecule has 1 saturated carbocycles. The van der Waals surface area contributed by atoms with Crippen molar-refractivity contribution in [3.05, 3.63) is 0 Å². The predicted octanol–water partition coefficient (Wildman–Crippen LogP) is 0.0727. The summed E-state index contributed by atoms with van der Waals surface area (Å²) in [5.41, 5.74) is 5.50. The Kier molecular flexibility index (Phi) is 3.44. The topological polar surface area (TPSA) is 49.6 Å². The highest BCUT2D eigenvalue weighted by Gasteiger charge is 2.41. The minimum atomic E-state index is 0.308. The largest absolute Gasteiger partial charge is 0.392 e. The third kappa shape index (κ3) is 2.71. The molecule has 2 N–H and O–H groups in total. The molecule has 0 radical (unpaired) electrons. The number of nitrogens with zero attached hydrogens (tertiary/aromatic N) is 2. The molecule has 2 unspecified atom stereocenters. The number of rotatable bonds is 3. The molecule has 5 heteroatoms. The lowest BCUT2D eigenvalue weighted by Crippen LogP contribution is -2.50. The zero-order chi connectivity index (χ0) is 11.7. The number of carbonyl (C=O) groups excluding carboxylic acids is 1. The van der Waals surface area contributed by atoms with Crippen LogP contribution in [0.15, 0.2) is 0 Å². The fourth-order valence-corrected chi connectivity index (χ4v) is 2.43. The summed E-state index contributed by atoms with van der Waals surface area (Å²) in [5.74, 6) is 1.26. The quantitative estimate of drug-likeness (QED) is 0.711. The summed E-state index contributed by atoms with van der Waals surface area (Å²) in [5, 5.41) is 0. The molecule has 1 aliphatic heterocycles. The Bertz CT molecular complexity index is 300. The van der Waals surface area contributed by atoms with Gasteiger partial charge in [-0.3, -0.25) is 9.69 Å². The minimum Gasteiger partial charge on any atom is -0.392 e. The van der Waals surface area contributed by atoms with Gasteiger partial charge in [0.15, 0.2) is 0 Å². The second-order valence-electron chi connectivity index (χ2n) is 4.89. The molecule has 1 heterocycles. The van der Waals surface area contributed by atoms with Crippen molar-refractivity contribution < 1.29 is 4.79 Å². The smallest absolute Gasteiger partial charge is 0.226 e. The third-order valence-corrected chi connectivity index (χ3v) is 3.62. The van der Waals surface area contributed by atoms with E-state index in [0.717, 1.165) is 32.6 Å². The molecule has 1 aliphatic carbocycles.